The summed E-state index contributed by atoms with van der Waals surface area (Å²) in [4.78, 5) is 11.5. The van der Waals surface area contributed by atoms with E-state index in [9.17, 15) is 9.90 Å². The Bertz CT molecular complexity index is 377. The number of benzene rings is 1. The average molecular weight is 242 g/mol. The van der Waals surface area contributed by atoms with Crippen molar-refractivity contribution in [1.82, 2.24) is 5.32 Å². The molecular weight excluding hydrogens is 226 g/mol. The Balaban J connectivity index is 2.59. The van der Waals surface area contributed by atoms with Gasteiger partial charge >= 0.3 is 0 Å². The predicted molar refractivity (Wildman–Crippen MR) is 64.7 cm³/mol. The normalized spacial score (nSPS) is 10.5. The molecule has 0 bridgehead atoms. The van der Waals surface area contributed by atoms with Gasteiger partial charge in [-0.25, -0.2) is 0 Å². The predicted octanol–water partition coefficient (Wildman–Crippen LogP) is 2.36. The maximum Gasteiger partial charge on any atom is 0.224 e. The van der Waals surface area contributed by atoms with E-state index in [1.54, 1.807) is 6.07 Å². The van der Waals surface area contributed by atoms with Crippen molar-refractivity contribution < 1.29 is 9.90 Å². The molecule has 0 heterocycles. The van der Waals surface area contributed by atoms with Crippen LogP contribution in [0.15, 0.2) is 18.2 Å². The number of nitrogens with one attached hydrogen (secondary N) is 1. The topological polar surface area (TPSA) is 49.3 Å². The van der Waals surface area contributed by atoms with E-state index in [0.29, 0.717) is 23.0 Å². The third-order valence-electron chi connectivity index (χ3n) is 2.09. The molecule has 1 amide bonds. The number of hydrogen-bond donors (Lipinski definition) is 2. The Morgan fingerprint density at radius 1 is 1.50 bits per heavy atom. The number of phenolic OH excluding ortho intramolecular Hbond substituents is 1. The van der Waals surface area contributed by atoms with E-state index >= 15 is 0 Å². The summed E-state index contributed by atoms with van der Waals surface area (Å²) in [5.74, 6) is 0.459. The number of carbonyl (C=O) groups is 1. The van der Waals surface area contributed by atoms with Gasteiger partial charge in [-0.15, -0.1) is 0 Å². The highest BCUT2D eigenvalue weighted by Gasteiger charge is 2.08. The van der Waals surface area contributed by atoms with Crippen molar-refractivity contribution in [1.29, 1.82) is 0 Å². The molecule has 0 radical (unpaired) electrons. The van der Waals surface area contributed by atoms with Gasteiger partial charge in [0.25, 0.3) is 0 Å². The van der Waals surface area contributed by atoms with Crippen molar-refractivity contribution in [2.75, 3.05) is 6.54 Å². The SMILES string of the molecule is CC(C)CNC(=O)Cc1cc(O)ccc1Cl. The van der Waals surface area contributed by atoms with E-state index in [-0.39, 0.29) is 18.1 Å². The van der Waals surface area contributed by atoms with Crippen LogP contribution in [0.1, 0.15) is 19.4 Å². The molecule has 0 aliphatic carbocycles. The molecule has 0 spiro atoms. The quantitative estimate of drug-likeness (QED) is 0.850. The van der Waals surface area contributed by atoms with Crippen molar-refractivity contribution in [3.8, 4) is 5.75 Å². The van der Waals surface area contributed by atoms with Crippen LogP contribution in [0.4, 0.5) is 0 Å². The fourth-order valence-corrected chi connectivity index (χ4v) is 1.43. The molecule has 4 heteroatoms. The first kappa shape index (κ1) is 12.8. The number of amides is 1. The summed E-state index contributed by atoms with van der Waals surface area (Å²) >= 11 is 5.91. The second-order valence-electron chi connectivity index (χ2n) is 4.15. The van der Waals surface area contributed by atoms with E-state index in [1.165, 1.54) is 12.1 Å². The van der Waals surface area contributed by atoms with Gasteiger partial charge in [-0.2, -0.15) is 0 Å². The summed E-state index contributed by atoms with van der Waals surface area (Å²) in [6.45, 7) is 4.71. The fourth-order valence-electron chi connectivity index (χ4n) is 1.25. The summed E-state index contributed by atoms with van der Waals surface area (Å²) < 4.78 is 0. The second kappa shape index (κ2) is 5.75. The Labute approximate surface area is 100 Å². The Kier molecular flexibility index (Phi) is 4.62. The first-order valence-electron chi connectivity index (χ1n) is 5.23. The van der Waals surface area contributed by atoms with Crippen LogP contribution in [0.5, 0.6) is 5.75 Å². The molecule has 1 aromatic carbocycles. The van der Waals surface area contributed by atoms with Gasteiger partial charge in [0, 0.05) is 11.6 Å². The molecule has 1 rings (SSSR count). The Hall–Kier alpha value is -1.22. The van der Waals surface area contributed by atoms with Crippen molar-refractivity contribution in [2.45, 2.75) is 20.3 Å². The molecule has 0 aromatic heterocycles. The number of rotatable bonds is 4. The monoisotopic (exact) mass is 241 g/mol. The zero-order chi connectivity index (χ0) is 12.1. The highest BCUT2D eigenvalue weighted by atomic mass is 35.5. The molecule has 88 valence electrons. The van der Waals surface area contributed by atoms with Gasteiger partial charge in [-0.1, -0.05) is 25.4 Å². The molecular formula is C12H16ClNO2. The molecule has 3 nitrogen and oxygen atoms in total. The zero-order valence-corrected chi connectivity index (χ0v) is 10.2. The smallest absolute Gasteiger partial charge is 0.224 e. The highest BCUT2D eigenvalue weighted by Crippen LogP contribution is 2.21. The summed E-state index contributed by atoms with van der Waals surface area (Å²) in [6.07, 6.45) is 0.194. The second-order valence-corrected chi connectivity index (χ2v) is 4.56. The molecule has 0 atom stereocenters. The Morgan fingerprint density at radius 2 is 2.19 bits per heavy atom. The van der Waals surface area contributed by atoms with Gasteiger partial charge in [0.05, 0.1) is 6.42 Å². The van der Waals surface area contributed by atoms with E-state index in [0.717, 1.165) is 0 Å². The summed E-state index contributed by atoms with van der Waals surface area (Å²) in [6, 6.07) is 4.59. The lowest BCUT2D eigenvalue weighted by atomic mass is 10.1. The van der Waals surface area contributed by atoms with E-state index < -0.39 is 0 Å². The third kappa shape index (κ3) is 4.11. The molecule has 0 saturated carbocycles. The average Bonchev–Trinajstić information content (AvgIpc) is 2.20. The van der Waals surface area contributed by atoms with Gasteiger partial charge in [-0.3, -0.25) is 4.79 Å². The first-order valence-corrected chi connectivity index (χ1v) is 5.61. The van der Waals surface area contributed by atoms with Crippen molar-refractivity contribution in [3.63, 3.8) is 0 Å². The van der Waals surface area contributed by atoms with Crippen LogP contribution in [0.2, 0.25) is 5.02 Å². The van der Waals surface area contributed by atoms with Gasteiger partial charge in [0.2, 0.25) is 5.91 Å². The lowest BCUT2D eigenvalue weighted by molar-refractivity contribution is -0.120. The largest absolute Gasteiger partial charge is 0.508 e. The number of halogens is 1. The zero-order valence-electron chi connectivity index (χ0n) is 9.46. The third-order valence-corrected chi connectivity index (χ3v) is 2.46. The fraction of sp³-hybridized carbons (Fsp3) is 0.417. The van der Waals surface area contributed by atoms with Crippen LogP contribution in [0, 0.1) is 5.92 Å². The van der Waals surface area contributed by atoms with Crippen LogP contribution in [-0.4, -0.2) is 17.6 Å². The van der Waals surface area contributed by atoms with Gasteiger partial charge in [0.15, 0.2) is 0 Å². The van der Waals surface area contributed by atoms with Gasteiger partial charge < -0.3 is 10.4 Å². The summed E-state index contributed by atoms with van der Waals surface area (Å²) in [7, 11) is 0. The molecule has 2 N–H and O–H groups in total. The standard InChI is InChI=1S/C12H16ClNO2/c1-8(2)7-14-12(16)6-9-5-10(15)3-4-11(9)13/h3-5,8,15H,6-7H2,1-2H3,(H,14,16). The molecule has 0 fully saturated rings. The first-order chi connectivity index (χ1) is 7.49. The van der Waals surface area contributed by atoms with Crippen LogP contribution in [-0.2, 0) is 11.2 Å². The maximum atomic E-state index is 11.5. The van der Waals surface area contributed by atoms with Crippen LogP contribution < -0.4 is 5.32 Å². The van der Waals surface area contributed by atoms with Crippen molar-refractivity contribution >= 4 is 17.5 Å². The van der Waals surface area contributed by atoms with Crippen molar-refractivity contribution in [2.24, 2.45) is 5.92 Å². The highest BCUT2D eigenvalue weighted by molar-refractivity contribution is 6.31. The molecule has 0 aliphatic rings. The molecule has 0 saturated heterocycles. The Morgan fingerprint density at radius 3 is 2.81 bits per heavy atom. The van der Waals surface area contributed by atoms with Crippen LogP contribution in [0.3, 0.4) is 0 Å². The molecule has 16 heavy (non-hydrogen) atoms. The molecule has 0 unspecified atom stereocenters. The maximum absolute atomic E-state index is 11.5. The van der Waals surface area contributed by atoms with Crippen LogP contribution >= 0.6 is 11.6 Å². The van der Waals surface area contributed by atoms with Gasteiger partial charge in [0.1, 0.15) is 5.75 Å². The number of carbonyl (C=O) groups excluding carboxylic acids is 1. The van der Waals surface area contributed by atoms with E-state index in [1.807, 2.05) is 13.8 Å². The van der Waals surface area contributed by atoms with Crippen LogP contribution in [0.25, 0.3) is 0 Å². The van der Waals surface area contributed by atoms with Gasteiger partial charge in [-0.05, 0) is 29.7 Å². The summed E-state index contributed by atoms with van der Waals surface area (Å²) in [5, 5.41) is 12.6. The minimum absolute atomic E-state index is 0.0822. The van der Waals surface area contributed by atoms with E-state index in [4.69, 9.17) is 11.6 Å². The lowest BCUT2D eigenvalue weighted by Gasteiger charge is -2.08. The number of hydrogen-bond acceptors (Lipinski definition) is 2. The molecule has 0 aliphatic heterocycles. The van der Waals surface area contributed by atoms with Crippen molar-refractivity contribution in [3.05, 3.63) is 28.8 Å². The minimum Gasteiger partial charge on any atom is -0.508 e. The molecule has 1 aromatic rings. The summed E-state index contributed by atoms with van der Waals surface area (Å²) in [5.41, 5.74) is 0.642. The van der Waals surface area contributed by atoms with E-state index in [2.05, 4.69) is 5.32 Å². The number of phenols is 1. The minimum atomic E-state index is -0.0822. The number of aromatic hydroxyl groups is 1. The lowest BCUT2D eigenvalue weighted by Crippen LogP contribution is -2.28.